The third-order valence-electron chi connectivity index (χ3n) is 4.54. The molecule has 5 rings (SSSR count). The second kappa shape index (κ2) is 6.26. The minimum atomic E-state index is -0.942. The van der Waals surface area contributed by atoms with Crippen LogP contribution in [0, 0.1) is 0 Å². The first-order valence-electron chi connectivity index (χ1n) is 8.60. The molecule has 0 aliphatic rings. The average molecular weight is 353 g/mol. The minimum Gasteiger partial charge on any atom is -0.380 e. The molecule has 6 heteroatoms. The van der Waals surface area contributed by atoms with E-state index in [1.165, 1.54) is 0 Å². The Morgan fingerprint density at radius 1 is 0.852 bits per heavy atom. The molecule has 5 aromatic rings. The van der Waals surface area contributed by atoms with Crippen LogP contribution in [0.3, 0.4) is 0 Å². The topological polar surface area (TPSA) is 76.2 Å². The van der Waals surface area contributed by atoms with Crippen molar-refractivity contribution in [2.45, 2.75) is 6.10 Å². The third-order valence-corrected chi connectivity index (χ3v) is 4.54. The van der Waals surface area contributed by atoms with Crippen molar-refractivity contribution in [1.82, 2.24) is 24.8 Å². The van der Waals surface area contributed by atoms with Crippen LogP contribution in [-0.2, 0) is 0 Å². The van der Waals surface area contributed by atoms with E-state index in [1.807, 2.05) is 72.8 Å². The first-order chi connectivity index (χ1) is 13.3. The van der Waals surface area contributed by atoms with E-state index < -0.39 is 6.10 Å². The molecule has 0 saturated heterocycles. The van der Waals surface area contributed by atoms with E-state index in [4.69, 9.17) is 0 Å². The maximum atomic E-state index is 10.9. The van der Waals surface area contributed by atoms with Crippen LogP contribution in [0.15, 0.2) is 79.0 Å². The molecule has 0 radical (unpaired) electrons. The Labute approximate surface area is 154 Å². The van der Waals surface area contributed by atoms with Crippen molar-refractivity contribution >= 4 is 16.6 Å². The Balaban J connectivity index is 1.60. The van der Waals surface area contributed by atoms with E-state index in [-0.39, 0.29) is 0 Å². The number of nitrogens with zero attached hydrogens (tertiary/aromatic N) is 5. The molecule has 0 saturated carbocycles. The van der Waals surface area contributed by atoms with Crippen molar-refractivity contribution in [3.8, 4) is 11.3 Å². The Bertz CT molecular complexity index is 1250. The predicted octanol–water partition coefficient (Wildman–Crippen LogP) is 3.42. The van der Waals surface area contributed by atoms with Gasteiger partial charge >= 0.3 is 0 Å². The van der Waals surface area contributed by atoms with Gasteiger partial charge in [-0.2, -0.15) is 9.61 Å². The van der Waals surface area contributed by atoms with Crippen molar-refractivity contribution in [3.63, 3.8) is 0 Å². The lowest BCUT2D eigenvalue weighted by Crippen LogP contribution is -2.08. The highest BCUT2D eigenvalue weighted by atomic mass is 16.3. The van der Waals surface area contributed by atoms with E-state index in [1.54, 1.807) is 10.7 Å². The fourth-order valence-corrected chi connectivity index (χ4v) is 3.15. The Morgan fingerprint density at radius 2 is 1.74 bits per heavy atom. The number of pyridine rings is 1. The van der Waals surface area contributed by atoms with E-state index in [0.29, 0.717) is 11.5 Å². The Kier molecular flexibility index (Phi) is 3.62. The summed E-state index contributed by atoms with van der Waals surface area (Å²) in [6.07, 6.45) is 0.808. The summed E-state index contributed by atoms with van der Waals surface area (Å²) in [5.74, 6) is 0.381. The van der Waals surface area contributed by atoms with E-state index in [0.717, 1.165) is 27.7 Å². The van der Waals surface area contributed by atoms with Crippen molar-refractivity contribution in [2.75, 3.05) is 0 Å². The molecule has 1 unspecified atom stereocenters. The molecule has 0 spiro atoms. The molecule has 2 aromatic carbocycles. The normalized spacial score (nSPS) is 12.5. The molecule has 27 heavy (non-hydrogen) atoms. The lowest BCUT2D eigenvalue weighted by Gasteiger charge is -2.10. The van der Waals surface area contributed by atoms with Crippen LogP contribution < -0.4 is 0 Å². The molecule has 0 aliphatic heterocycles. The maximum Gasteiger partial charge on any atom is 0.187 e. The number of hydrogen-bond acceptors (Lipinski definition) is 5. The van der Waals surface area contributed by atoms with Crippen molar-refractivity contribution < 1.29 is 5.11 Å². The number of fused-ring (bicyclic) bond motifs is 2. The second-order valence-corrected chi connectivity index (χ2v) is 6.27. The van der Waals surface area contributed by atoms with Gasteiger partial charge in [-0.1, -0.05) is 42.5 Å². The van der Waals surface area contributed by atoms with Gasteiger partial charge in [-0.25, -0.2) is 0 Å². The molecule has 1 N–H and O–H groups in total. The minimum absolute atomic E-state index is 0.381. The SMILES string of the molecule is OC(c1ccc2ncccc2c1)c1nnc2ccc(-c3ccccc3)nn12. The van der Waals surface area contributed by atoms with E-state index in [2.05, 4.69) is 20.3 Å². The Hall–Kier alpha value is -3.64. The van der Waals surface area contributed by atoms with Gasteiger partial charge in [0.05, 0.1) is 11.2 Å². The van der Waals surface area contributed by atoms with Crippen molar-refractivity contribution in [2.24, 2.45) is 0 Å². The van der Waals surface area contributed by atoms with Crippen LogP contribution in [0.1, 0.15) is 17.5 Å². The molecule has 130 valence electrons. The van der Waals surface area contributed by atoms with Crippen LogP contribution in [0.2, 0.25) is 0 Å². The zero-order valence-corrected chi connectivity index (χ0v) is 14.3. The number of aromatic nitrogens is 5. The summed E-state index contributed by atoms with van der Waals surface area (Å²) < 4.78 is 1.60. The van der Waals surface area contributed by atoms with Crippen LogP contribution in [0.25, 0.3) is 27.8 Å². The molecule has 6 nitrogen and oxygen atoms in total. The van der Waals surface area contributed by atoms with E-state index >= 15 is 0 Å². The lowest BCUT2D eigenvalue weighted by molar-refractivity contribution is 0.207. The summed E-state index contributed by atoms with van der Waals surface area (Å²) in [5.41, 5.74) is 3.97. The largest absolute Gasteiger partial charge is 0.380 e. The van der Waals surface area contributed by atoms with Gasteiger partial charge in [-0.3, -0.25) is 4.98 Å². The number of aliphatic hydroxyl groups is 1. The van der Waals surface area contributed by atoms with Crippen LogP contribution >= 0.6 is 0 Å². The summed E-state index contributed by atoms with van der Waals surface area (Å²) in [5, 5.41) is 24.8. The fraction of sp³-hybridized carbons (Fsp3) is 0.0476. The molecule has 3 heterocycles. The first kappa shape index (κ1) is 15.6. The number of aliphatic hydroxyl groups excluding tert-OH is 1. The zero-order chi connectivity index (χ0) is 18.2. The molecular formula is C21H15N5O. The van der Waals surface area contributed by atoms with Gasteiger partial charge in [0.25, 0.3) is 0 Å². The van der Waals surface area contributed by atoms with Gasteiger partial charge in [0.15, 0.2) is 11.5 Å². The summed E-state index contributed by atoms with van der Waals surface area (Å²) in [6.45, 7) is 0. The maximum absolute atomic E-state index is 10.9. The number of benzene rings is 2. The quantitative estimate of drug-likeness (QED) is 0.538. The molecule has 0 fully saturated rings. The fourth-order valence-electron chi connectivity index (χ4n) is 3.15. The molecule has 0 aliphatic carbocycles. The smallest absolute Gasteiger partial charge is 0.187 e. The van der Waals surface area contributed by atoms with Gasteiger partial charge in [0, 0.05) is 17.1 Å². The standard InChI is InChI=1S/C21H15N5O/c27-20(16-8-9-17-15(13-16)7-4-12-22-17)21-24-23-19-11-10-18(25-26(19)21)14-5-2-1-3-6-14/h1-13,20,27H. The van der Waals surface area contributed by atoms with Crippen LogP contribution in [-0.4, -0.2) is 29.9 Å². The van der Waals surface area contributed by atoms with Gasteiger partial charge in [-0.15, -0.1) is 10.2 Å². The van der Waals surface area contributed by atoms with Gasteiger partial charge in [-0.05, 0) is 35.9 Å². The van der Waals surface area contributed by atoms with Crippen LogP contribution in [0.5, 0.6) is 0 Å². The monoisotopic (exact) mass is 353 g/mol. The van der Waals surface area contributed by atoms with Crippen LogP contribution in [0.4, 0.5) is 0 Å². The highest BCUT2D eigenvalue weighted by molar-refractivity contribution is 5.79. The summed E-state index contributed by atoms with van der Waals surface area (Å²) in [6, 6.07) is 23.1. The second-order valence-electron chi connectivity index (χ2n) is 6.27. The highest BCUT2D eigenvalue weighted by Gasteiger charge is 2.19. The van der Waals surface area contributed by atoms with Gasteiger partial charge < -0.3 is 5.11 Å². The third kappa shape index (κ3) is 2.72. The number of rotatable bonds is 3. The van der Waals surface area contributed by atoms with E-state index in [9.17, 15) is 5.11 Å². The highest BCUT2D eigenvalue weighted by Crippen LogP contribution is 2.25. The average Bonchev–Trinajstić information content (AvgIpc) is 3.16. The summed E-state index contributed by atoms with van der Waals surface area (Å²) in [7, 11) is 0. The molecule has 1 atom stereocenters. The van der Waals surface area contributed by atoms with Gasteiger partial charge in [0.2, 0.25) is 0 Å². The lowest BCUT2D eigenvalue weighted by atomic mass is 10.1. The summed E-state index contributed by atoms with van der Waals surface area (Å²) >= 11 is 0. The molecule has 3 aromatic heterocycles. The molecular weight excluding hydrogens is 338 g/mol. The Morgan fingerprint density at radius 3 is 2.63 bits per heavy atom. The zero-order valence-electron chi connectivity index (χ0n) is 14.3. The number of hydrogen-bond donors (Lipinski definition) is 1. The van der Waals surface area contributed by atoms with Gasteiger partial charge in [0.1, 0.15) is 6.10 Å². The van der Waals surface area contributed by atoms with Crippen molar-refractivity contribution in [3.05, 3.63) is 90.4 Å². The predicted molar refractivity (Wildman–Crippen MR) is 102 cm³/mol. The summed E-state index contributed by atoms with van der Waals surface area (Å²) in [4.78, 5) is 4.31. The molecule has 0 bridgehead atoms. The van der Waals surface area contributed by atoms with Crippen molar-refractivity contribution in [1.29, 1.82) is 0 Å². The molecule has 0 amide bonds. The first-order valence-corrected chi connectivity index (χ1v) is 8.60.